The minimum absolute atomic E-state index is 0.0490. The molecule has 1 amide bonds. The normalized spacial score (nSPS) is 22.7. The molecule has 0 bridgehead atoms. The Bertz CT molecular complexity index is 751. The molecular weight excluding hydrogens is 310 g/mol. The van der Waals surface area contributed by atoms with Gasteiger partial charge in [-0.15, -0.1) is 11.8 Å². The molecule has 0 saturated carbocycles. The average Bonchev–Trinajstić information content (AvgIpc) is 3.08. The van der Waals surface area contributed by atoms with Gasteiger partial charge in [-0.1, -0.05) is 18.2 Å². The molecule has 0 radical (unpaired) electrons. The average molecular weight is 331 g/mol. The fourth-order valence-electron chi connectivity index (χ4n) is 3.68. The van der Waals surface area contributed by atoms with Crippen LogP contribution < -0.4 is 0 Å². The molecule has 1 spiro atoms. The van der Waals surface area contributed by atoms with Crippen molar-refractivity contribution in [2.24, 2.45) is 7.05 Å². The maximum absolute atomic E-state index is 12.8. The van der Waals surface area contributed by atoms with Crippen molar-refractivity contribution < 1.29 is 9.53 Å². The van der Waals surface area contributed by atoms with Gasteiger partial charge < -0.3 is 9.64 Å². The summed E-state index contributed by atoms with van der Waals surface area (Å²) in [7, 11) is 1.89. The smallest absolute Gasteiger partial charge is 0.275 e. The molecule has 2 aromatic rings. The number of rotatable bonds is 3. The number of carbonyl (C=O) groups excluding carboxylic acids is 1. The number of likely N-dealkylation sites (tertiary alicyclic amines) is 1. The summed E-state index contributed by atoms with van der Waals surface area (Å²) in [4.78, 5) is 14.7. The molecule has 0 N–H and O–H groups in total. The van der Waals surface area contributed by atoms with E-state index in [9.17, 15) is 4.79 Å². The zero-order valence-electron chi connectivity index (χ0n) is 13.5. The molecule has 2 aliphatic rings. The third-order valence-electron chi connectivity index (χ3n) is 4.78. The largest absolute Gasteiger partial charge is 0.378 e. The molecule has 5 nitrogen and oxygen atoms in total. The van der Waals surface area contributed by atoms with Crippen molar-refractivity contribution in [1.29, 1.82) is 0 Å². The van der Waals surface area contributed by atoms with Gasteiger partial charge in [0.05, 0.1) is 16.4 Å². The topological polar surface area (TPSA) is 47.4 Å². The molecule has 2 fully saturated rings. The van der Waals surface area contributed by atoms with Crippen molar-refractivity contribution in [3.8, 4) is 0 Å². The molecule has 3 heterocycles. The lowest BCUT2D eigenvalue weighted by Crippen LogP contribution is -2.60. The van der Waals surface area contributed by atoms with Crippen molar-refractivity contribution >= 4 is 28.6 Å². The number of para-hydroxylation sites is 1. The molecule has 1 atom stereocenters. The van der Waals surface area contributed by atoms with E-state index in [4.69, 9.17) is 4.74 Å². The summed E-state index contributed by atoms with van der Waals surface area (Å²) in [5, 5.41) is 5.38. The first-order valence-electron chi connectivity index (χ1n) is 8.08. The highest BCUT2D eigenvalue weighted by Crippen LogP contribution is 2.46. The van der Waals surface area contributed by atoms with Crippen LogP contribution in [0.1, 0.15) is 23.8 Å². The van der Waals surface area contributed by atoms with Gasteiger partial charge in [-0.05, 0) is 19.4 Å². The number of thioether (sulfide) groups is 1. The van der Waals surface area contributed by atoms with Gasteiger partial charge in [-0.3, -0.25) is 9.48 Å². The third kappa shape index (κ3) is 2.44. The van der Waals surface area contributed by atoms with Crippen LogP contribution in [0.25, 0.3) is 10.9 Å². The molecule has 122 valence electrons. The highest BCUT2D eigenvalue weighted by Gasteiger charge is 2.51. The fourth-order valence-corrected chi connectivity index (χ4v) is 5.23. The van der Waals surface area contributed by atoms with Crippen LogP contribution in [0, 0.1) is 0 Å². The Hall–Kier alpha value is -1.53. The van der Waals surface area contributed by atoms with Crippen LogP contribution in [-0.4, -0.2) is 56.9 Å². The Labute approximate surface area is 140 Å². The summed E-state index contributed by atoms with van der Waals surface area (Å²) in [6, 6.07) is 7.90. The molecule has 2 saturated heterocycles. The van der Waals surface area contributed by atoms with Crippen LogP contribution >= 0.6 is 11.8 Å². The van der Waals surface area contributed by atoms with E-state index in [0.717, 1.165) is 42.8 Å². The summed E-state index contributed by atoms with van der Waals surface area (Å²) in [5.41, 5.74) is 1.57. The Morgan fingerprint density at radius 3 is 3.00 bits per heavy atom. The fraction of sp³-hybridized carbons (Fsp3) is 0.529. The predicted octanol–water partition coefficient (Wildman–Crippen LogP) is 2.31. The van der Waals surface area contributed by atoms with Gasteiger partial charge in [0.25, 0.3) is 5.91 Å². The van der Waals surface area contributed by atoms with Crippen LogP contribution in [0.5, 0.6) is 0 Å². The van der Waals surface area contributed by atoms with Gasteiger partial charge in [-0.25, -0.2) is 0 Å². The van der Waals surface area contributed by atoms with Gasteiger partial charge in [0.1, 0.15) is 0 Å². The molecule has 1 aromatic carbocycles. The highest BCUT2D eigenvalue weighted by molar-refractivity contribution is 8.01. The van der Waals surface area contributed by atoms with Crippen LogP contribution in [0.3, 0.4) is 0 Å². The SMILES string of the molecule is CCO[C@H]1CSC2(C1)CN(C(=O)c1nn(C)c3ccccc13)C2. The van der Waals surface area contributed by atoms with E-state index in [1.165, 1.54) is 0 Å². The van der Waals surface area contributed by atoms with Gasteiger partial charge in [0.2, 0.25) is 0 Å². The van der Waals surface area contributed by atoms with Crippen LogP contribution in [0.2, 0.25) is 0 Å². The number of aromatic nitrogens is 2. The molecular formula is C17H21N3O2S. The van der Waals surface area contributed by atoms with E-state index >= 15 is 0 Å². The minimum atomic E-state index is 0.0490. The molecule has 0 aliphatic carbocycles. The number of hydrogen-bond donors (Lipinski definition) is 0. The molecule has 4 rings (SSSR count). The number of ether oxygens (including phenoxy) is 1. The minimum Gasteiger partial charge on any atom is -0.378 e. The van der Waals surface area contributed by atoms with Gasteiger partial charge in [0.15, 0.2) is 5.69 Å². The lowest BCUT2D eigenvalue weighted by molar-refractivity contribution is 0.0356. The Balaban J connectivity index is 1.49. The van der Waals surface area contributed by atoms with Crippen molar-refractivity contribution in [3.63, 3.8) is 0 Å². The molecule has 0 unspecified atom stereocenters. The molecule has 1 aromatic heterocycles. The quantitative estimate of drug-likeness (QED) is 0.866. The predicted molar refractivity (Wildman–Crippen MR) is 91.8 cm³/mol. The van der Waals surface area contributed by atoms with E-state index in [1.807, 2.05) is 54.9 Å². The van der Waals surface area contributed by atoms with E-state index in [-0.39, 0.29) is 10.7 Å². The third-order valence-corrected chi connectivity index (χ3v) is 6.36. The van der Waals surface area contributed by atoms with Crippen LogP contribution in [0.15, 0.2) is 24.3 Å². The first kappa shape index (κ1) is 15.0. The summed E-state index contributed by atoms with van der Waals surface area (Å²) in [6.45, 7) is 4.43. The maximum Gasteiger partial charge on any atom is 0.275 e. The lowest BCUT2D eigenvalue weighted by atomic mass is 9.92. The standard InChI is InChI=1S/C17H21N3O2S/c1-3-22-12-8-17(23-9-12)10-20(11-17)16(21)15-13-6-4-5-7-14(13)19(2)18-15/h4-7,12H,3,8-11H2,1-2H3/t12-/m1/s1. The summed E-state index contributed by atoms with van der Waals surface area (Å²) in [5.74, 6) is 1.09. The second-order valence-corrected chi connectivity index (χ2v) is 7.91. The van der Waals surface area contributed by atoms with E-state index in [1.54, 1.807) is 4.68 Å². The summed E-state index contributed by atoms with van der Waals surface area (Å²) >= 11 is 1.96. The Morgan fingerprint density at radius 2 is 2.22 bits per heavy atom. The van der Waals surface area contributed by atoms with Crippen molar-refractivity contribution in [3.05, 3.63) is 30.0 Å². The molecule has 23 heavy (non-hydrogen) atoms. The number of amides is 1. The summed E-state index contributed by atoms with van der Waals surface area (Å²) in [6.07, 6.45) is 1.40. The number of aryl methyl sites for hydroxylation is 1. The van der Waals surface area contributed by atoms with Crippen LogP contribution in [-0.2, 0) is 11.8 Å². The summed E-state index contributed by atoms with van der Waals surface area (Å²) < 4.78 is 7.73. The van der Waals surface area contributed by atoms with Crippen molar-refractivity contribution in [1.82, 2.24) is 14.7 Å². The van der Waals surface area contributed by atoms with E-state index in [0.29, 0.717) is 11.8 Å². The van der Waals surface area contributed by atoms with Gasteiger partial charge in [0, 0.05) is 37.9 Å². The molecule has 2 aliphatic heterocycles. The number of carbonyl (C=O) groups is 1. The van der Waals surface area contributed by atoms with Gasteiger partial charge in [-0.2, -0.15) is 5.10 Å². The van der Waals surface area contributed by atoms with Gasteiger partial charge >= 0.3 is 0 Å². The van der Waals surface area contributed by atoms with Crippen LogP contribution in [0.4, 0.5) is 0 Å². The second kappa shape index (κ2) is 5.53. The zero-order valence-corrected chi connectivity index (χ0v) is 14.3. The first-order valence-corrected chi connectivity index (χ1v) is 9.07. The second-order valence-electron chi connectivity index (χ2n) is 6.43. The Morgan fingerprint density at radius 1 is 1.43 bits per heavy atom. The molecule has 6 heteroatoms. The van der Waals surface area contributed by atoms with E-state index in [2.05, 4.69) is 5.10 Å². The van der Waals surface area contributed by atoms with Crippen molar-refractivity contribution in [2.75, 3.05) is 25.4 Å². The number of nitrogens with zero attached hydrogens (tertiary/aromatic N) is 3. The number of benzene rings is 1. The number of fused-ring (bicyclic) bond motifs is 1. The lowest BCUT2D eigenvalue weighted by Gasteiger charge is -2.47. The highest BCUT2D eigenvalue weighted by atomic mass is 32.2. The van der Waals surface area contributed by atoms with Crippen molar-refractivity contribution in [2.45, 2.75) is 24.2 Å². The Kier molecular flexibility index (Phi) is 3.61. The first-order chi connectivity index (χ1) is 11.1. The monoisotopic (exact) mass is 331 g/mol. The van der Waals surface area contributed by atoms with E-state index < -0.39 is 0 Å². The zero-order chi connectivity index (χ0) is 16.0. The number of hydrogen-bond acceptors (Lipinski definition) is 4. The maximum atomic E-state index is 12.8.